The topological polar surface area (TPSA) is 39.1 Å². The maximum Gasteiger partial charge on any atom is 0.121 e. The van der Waals surface area contributed by atoms with Gasteiger partial charge in [0.2, 0.25) is 0 Å². The lowest BCUT2D eigenvalue weighted by Gasteiger charge is -2.04. The lowest BCUT2D eigenvalue weighted by Crippen LogP contribution is -2.13. The summed E-state index contributed by atoms with van der Waals surface area (Å²) in [5.74, 6) is 0.841. The van der Waals surface area contributed by atoms with Gasteiger partial charge in [-0.15, -0.1) is 0 Å². The van der Waals surface area contributed by atoms with Crippen molar-refractivity contribution in [3.05, 3.63) is 42.2 Å². The van der Waals surface area contributed by atoms with Crippen molar-refractivity contribution in [2.75, 3.05) is 13.7 Å². The van der Waals surface area contributed by atoms with Gasteiger partial charge in [0.1, 0.15) is 5.75 Å². The van der Waals surface area contributed by atoms with Crippen LogP contribution in [0.4, 0.5) is 0 Å². The van der Waals surface area contributed by atoms with E-state index in [1.54, 1.807) is 7.11 Å². The molecule has 0 amide bonds. The van der Waals surface area contributed by atoms with Gasteiger partial charge in [-0.05, 0) is 25.1 Å². The minimum Gasteiger partial charge on any atom is -0.497 e. The number of hydrogen-bond donors (Lipinski definition) is 1. The Morgan fingerprint density at radius 3 is 3.06 bits per heavy atom. The summed E-state index contributed by atoms with van der Waals surface area (Å²) in [6, 6.07) is 7.87. The molecule has 0 atom stereocenters. The van der Waals surface area contributed by atoms with Crippen LogP contribution >= 0.6 is 0 Å². The van der Waals surface area contributed by atoms with Gasteiger partial charge in [0.15, 0.2) is 0 Å². The zero-order valence-corrected chi connectivity index (χ0v) is 10.9. The minimum absolute atomic E-state index is 0.841. The Bertz CT molecular complexity index is 493. The van der Waals surface area contributed by atoms with Crippen LogP contribution in [0, 0.1) is 0 Å². The van der Waals surface area contributed by atoms with Crippen LogP contribution in [-0.4, -0.2) is 23.4 Å². The van der Waals surface area contributed by atoms with Gasteiger partial charge >= 0.3 is 0 Å². The SMILES string of the molecule is CCCNCc1cnn(-c2cccc(OC)c2)c1. The summed E-state index contributed by atoms with van der Waals surface area (Å²) < 4.78 is 7.08. The molecule has 0 saturated carbocycles. The van der Waals surface area contributed by atoms with Crippen LogP contribution in [0.3, 0.4) is 0 Å². The van der Waals surface area contributed by atoms with Crippen LogP contribution in [0.25, 0.3) is 5.69 Å². The van der Waals surface area contributed by atoms with Crippen molar-refractivity contribution in [3.8, 4) is 11.4 Å². The molecule has 0 fully saturated rings. The maximum absolute atomic E-state index is 5.21. The predicted molar refractivity (Wildman–Crippen MR) is 72.1 cm³/mol. The van der Waals surface area contributed by atoms with Gasteiger partial charge in [-0.1, -0.05) is 13.0 Å². The molecule has 96 valence electrons. The van der Waals surface area contributed by atoms with Gasteiger partial charge in [-0.2, -0.15) is 5.10 Å². The van der Waals surface area contributed by atoms with Crippen molar-refractivity contribution in [2.24, 2.45) is 0 Å². The van der Waals surface area contributed by atoms with Gasteiger partial charge in [0.05, 0.1) is 19.0 Å². The van der Waals surface area contributed by atoms with E-state index in [2.05, 4.69) is 17.3 Å². The summed E-state index contributed by atoms with van der Waals surface area (Å²) in [4.78, 5) is 0. The Kier molecular flexibility index (Phi) is 4.36. The van der Waals surface area contributed by atoms with Crippen LogP contribution in [0.2, 0.25) is 0 Å². The zero-order valence-electron chi connectivity index (χ0n) is 10.9. The number of methoxy groups -OCH3 is 1. The fourth-order valence-corrected chi connectivity index (χ4v) is 1.76. The number of nitrogens with zero attached hydrogens (tertiary/aromatic N) is 2. The normalized spacial score (nSPS) is 10.6. The van der Waals surface area contributed by atoms with E-state index in [1.807, 2.05) is 41.3 Å². The smallest absolute Gasteiger partial charge is 0.121 e. The summed E-state index contributed by atoms with van der Waals surface area (Å²) in [5.41, 5.74) is 2.20. The summed E-state index contributed by atoms with van der Waals surface area (Å²) in [7, 11) is 1.67. The van der Waals surface area contributed by atoms with Crippen LogP contribution < -0.4 is 10.1 Å². The molecule has 4 nitrogen and oxygen atoms in total. The van der Waals surface area contributed by atoms with Crippen molar-refractivity contribution >= 4 is 0 Å². The van der Waals surface area contributed by atoms with Gasteiger partial charge < -0.3 is 10.1 Å². The highest BCUT2D eigenvalue weighted by atomic mass is 16.5. The third kappa shape index (κ3) is 3.11. The Morgan fingerprint density at radius 2 is 2.28 bits per heavy atom. The molecule has 0 aliphatic rings. The van der Waals surface area contributed by atoms with E-state index in [4.69, 9.17) is 4.74 Å². The number of ether oxygens (including phenoxy) is 1. The fourth-order valence-electron chi connectivity index (χ4n) is 1.76. The summed E-state index contributed by atoms with van der Waals surface area (Å²) in [6.45, 7) is 4.05. The molecule has 1 aromatic heterocycles. The molecule has 0 aliphatic carbocycles. The minimum atomic E-state index is 0.841. The molecular formula is C14H19N3O. The first-order valence-corrected chi connectivity index (χ1v) is 6.22. The molecule has 1 N–H and O–H groups in total. The first-order chi connectivity index (χ1) is 8.83. The molecule has 18 heavy (non-hydrogen) atoms. The highest BCUT2D eigenvalue weighted by molar-refractivity contribution is 5.38. The zero-order chi connectivity index (χ0) is 12.8. The molecule has 4 heteroatoms. The number of benzene rings is 1. The van der Waals surface area contributed by atoms with Crippen molar-refractivity contribution in [2.45, 2.75) is 19.9 Å². The summed E-state index contributed by atoms with van der Waals surface area (Å²) in [5, 5.41) is 7.72. The molecule has 0 unspecified atom stereocenters. The Morgan fingerprint density at radius 1 is 1.39 bits per heavy atom. The van der Waals surface area contributed by atoms with E-state index in [9.17, 15) is 0 Å². The van der Waals surface area contributed by atoms with E-state index >= 15 is 0 Å². The Labute approximate surface area is 108 Å². The molecule has 2 aromatic rings. The van der Waals surface area contributed by atoms with Gasteiger partial charge in [0, 0.05) is 24.4 Å². The van der Waals surface area contributed by atoms with E-state index in [0.29, 0.717) is 0 Å². The van der Waals surface area contributed by atoms with Crippen molar-refractivity contribution in [1.29, 1.82) is 0 Å². The summed E-state index contributed by atoms with van der Waals surface area (Å²) in [6.07, 6.45) is 5.07. The second-order valence-electron chi connectivity index (χ2n) is 4.17. The largest absolute Gasteiger partial charge is 0.497 e. The summed E-state index contributed by atoms with van der Waals surface area (Å²) >= 11 is 0. The van der Waals surface area contributed by atoms with Crippen LogP contribution in [-0.2, 0) is 6.54 Å². The first kappa shape index (κ1) is 12.6. The van der Waals surface area contributed by atoms with Crippen LogP contribution in [0.5, 0.6) is 5.75 Å². The predicted octanol–water partition coefficient (Wildman–Crippen LogP) is 2.38. The fraction of sp³-hybridized carbons (Fsp3) is 0.357. The van der Waals surface area contributed by atoms with E-state index in [1.165, 1.54) is 5.56 Å². The number of hydrogen-bond acceptors (Lipinski definition) is 3. The third-order valence-corrected chi connectivity index (χ3v) is 2.71. The lowest BCUT2D eigenvalue weighted by atomic mass is 10.3. The monoisotopic (exact) mass is 245 g/mol. The van der Waals surface area contributed by atoms with Gasteiger partial charge in [-0.25, -0.2) is 4.68 Å². The lowest BCUT2D eigenvalue weighted by molar-refractivity contribution is 0.414. The van der Waals surface area contributed by atoms with Gasteiger partial charge in [-0.3, -0.25) is 0 Å². The molecule has 0 spiro atoms. The molecule has 0 bridgehead atoms. The number of rotatable bonds is 6. The second-order valence-corrected chi connectivity index (χ2v) is 4.17. The maximum atomic E-state index is 5.21. The molecule has 1 aromatic carbocycles. The Hall–Kier alpha value is -1.81. The van der Waals surface area contributed by atoms with E-state index in [0.717, 1.165) is 30.9 Å². The Balaban J connectivity index is 2.08. The number of aromatic nitrogens is 2. The van der Waals surface area contributed by atoms with E-state index < -0.39 is 0 Å². The number of nitrogens with one attached hydrogen (secondary N) is 1. The van der Waals surface area contributed by atoms with Crippen LogP contribution in [0.15, 0.2) is 36.7 Å². The van der Waals surface area contributed by atoms with E-state index in [-0.39, 0.29) is 0 Å². The molecule has 0 saturated heterocycles. The molecular weight excluding hydrogens is 226 g/mol. The first-order valence-electron chi connectivity index (χ1n) is 6.22. The van der Waals surface area contributed by atoms with Crippen molar-refractivity contribution in [3.63, 3.8) is 0 Å². The van der Waals surface area contributed by atoms with Gasteiger partial charge in [0.25, 0.3) is 0 Å². The molecule has 1 heterocycles. The quantitative estimate of drug-likeness (QED) is 0.794. The van der Waals surface area contributed by atoms with Crippen LogP contribution in [0.1, 0.15) is 18.9 Å². The van der Waals surface area contributed by atoms with Crippen molar-refractivity contribution < 1.29 is 4.74 Å². The average Bonchev–Trinajstić information content (AvgIpc) is 2.88. The highest BCUT2D eigenvalue weighted by Gasteiger charge is 2.01. The molecule has 2 rings (SSSR count). The second kappa shape index (κ2) is 6.21. The van der Waals surface area contributed by atoms with Crippen molar-refractivity contribution in [1.82, 2.24) is 15.1 Å². The molecule has 0 radical (unpaired) electrons. The highest BCUT2D eigenvalue weighted by Crippen LogP contribution is 2.16. The third-order valence-electron chi connectivity index (χ3n) is 2.71. The standard InChI is InChI=1S/C14H19N3O/c1-3-7-15-9-12-10-16-17(11-12)13-5-4-6-14(8-13)18-2/h4-6,8,10-11,15H,3,7,9H2,1-2H3. The average molecular weight is 245 g/mol. The molecule has 0 aliphatic heterocycles.